The third-order valence-electron chi connectivity index (χ3n) is 6.29. The summed E-state index contributed by atoms with van der Waals surface area (Å²) in [6.45, 7) is 4.57. The maximum absolute atomic E-state index is 11.4. The minimum absolute atomic E-state index is 0.285. The van der Waals surface area contributed by atoms with E-state index in [1.165, 1.54) is 44.2 Å². The number of rotatable bonds is 7. The van der Waals surface area contributed by atoms with Gasteiger partial charge in [0.05, 0.1) is 5.60 Å². The normalized spacial score (nSPS) is 29.8. The van der Waals surface area contributed by atoms with Crippen molar-refractivity contribution in [1.82, 2.24) is 4.90 Å². The van der Waals surface area contributed by atoms with Crippen molar-refractivity contribution >= 4 is 5.91 Å². The van der Waals surface area contributed by atoms with E-state index in [-0.39, 0.29) is 11.5 Å². The Labute approximate surface area is 151 Å². The zero-order valence-electron chi connectivity index (χ0n) is 15.8. The summed E-state index contributed by atoms with van der Waals surface area (Å²) in [5, 5.41) is 0. The summed E-state index contributed by atoms with van der Waals surface area (Å²) in [5.41, 5.74) is 6.85. The second-order valence-electron chi connectivity index (χ2n) is 8.13. The number of hydrogen-bond acceptors (Lipinski definition) is 3. The van der Waals surface area contributed by atoms with Crippen molar-refractivity contribution in [3.8, 4) is 0 Å². The van der Waals surface area contributed by atoms with Gasteiger partial charge in [-0.25, -0.2) is 0 Å². The Morgan fingerprint density at radius 1 is 1.20 bits per heavy atom. The van der Waals surface area contributed by atoms with Crippen LogP contribution in [0.25, 0.3) is 0 Å². The van der Waals surface area contributed by atoms with E-state index in [4.69, 9.17) is 10.5 Å². The molecule has 2 fully saturated rings. The summed E-state index contributed by atoms with van der Waals surface area (Å²) in [5.74, 6) is 1.43. The lowest BCUT2D eigenvalue weighted by Crippen LogP contribution is -2.50. The molecular weight excluding hydrogens is 312 g/mol. The Hall–Kier alpha value is -1.39. The molecule has 2 N–H and O–H groups in total. The topological polar surface area (TPSA) is 55.6 Å². The molecule has 0 spiro atoms. The zero-order chi connectivity index (χ0) is 18.0. The average molecular weight is 344 g/mol. The van der Waals surface area contributed by atoms with Gasteiger partial charge in [-0.05, 0) is 62.3 Å². The van der Waals surface area contributed by atoms with Crippen LogP contribution in [0.5, 0.6) is 0 Å². The number of carbonyl (C=O) groups is 1. The fourth-order valence-electron chi connectivity index (χ4n) is 4.82. The lowest BCUT2D eigenvalue weighted by atomic mass is 9.65. The van der Waals surface area contributed by atoms with Crippen LogP contribution in [0.1, 0.15) is 54.9 Å². The smallest absolute Gasteiger partial charge is 0.248 e. The van der Waals surface area contributed by atoms with Gasteiger partial charge in [0.15, 0.2) is 0 Å². The van der Waals surface area contributed by atoms with Gasteiger partial charge >= 0.3 is 0 Å². The standard InChI is InChI=1S/C21H32N2O2/c1-15-5-4-6-19(14-23(2)13-16-7-8-16)21(15,25-3)18-11-9-17(10-12-18)20(22)24/h9-12,15-16,19H,4-8,13-14H2,1-3H3,(H2,22,24). The fourth-order valence-corrected chi connectivity index (χ4v) is 4.82. The maximum Gasteiger partial charge on any atom is 0.248 e. The monoisotopic (exact) mass is 344 g/mol. The van der Waals surface area contributed by atoms with Gasteiger partial charge in [0.25, 0.3) is 0 Å². The Morgan fingerprint density at radius 2 is 1.88 bits per heavy atom. The quantitative estimate of drug-likeness (QED) is 0.825. The predicted molar refractivity (Wildman–Crippen MR) is 100 cm³/mol. The van der Waals surface area contributed by atoms with E-state index < -0.39 is 0 Å². The first-order valence-corrected chi connectivity index (χ1v) is 9.61. The van der Waals surface area contributed by atoms with E-state index in [0.29, 0.717) is 17.4 Å². The molecule has 138 valence electrons. The lowest BCUT2D eigenvalue weighted by molar-refractivity contribution is -0.131. The van der Waals surface area contributed by atoms with Crippen molar-refractivity contribution in [3.63, 3.8) is 0 Å². The molecule has 25 heavy (non-hydrogen) atoms. The van der Waals surface area contributed by atoms with Gasteiger partial charge in [-0.2, -0.15) is 0 Å². The SMILES string of the molecule is COC1(c2ccc(C(N)=O)cc2)C(C)CCCC1CN(C)CC1CC1. The fraction of sp³-hybridized carbons (Fsp3) is 0.667. The molecule has 4 heteroatoms. The summed E-state index contributed by atoms with van der Waals surface area (Å²) in [4.78, 5) is 13.9. The molecule has 3 atom stereocenters. The molecule has 2 aliphatic carbocycles. The van der Waals surface area contributed by atoms with Crippen molar-refractivity contribution in [2.24, 2.45) is 23.5 Å². The maximum atomic E-state index is 11.4. The second kappa shape index (κ2) is 7.46. The number of nitrogens with two attached hydrogens (primary N) is 1. The second-order valence-corrected chi connectivity index (χ2v) is 8.13. The number of ether oxygens (including phenoxy) is 1. The van der Waals surface area contributed by atoms with Crippen molar-refractivity contribution in [3.05, 3.63) is 35.4 Å². The van der Waals surface area contributed by atoms with Crippen LogP contribution in [0.15, 0.2) is 24.3 Å². The summed E-state index contributed by atoms with van der Waals surface area (Å²) in [6.07, 6.45) is 6.39. The number of amides is 1. The highest BCUT2D eigenvalue weighted by Gasteiger charge is 2.47. The van der Waals surface area contributed by atoms with E-state index >= 15 is 0 Å². The molecule has 0 bridgehead atoms. The summed E-state index contributed by atoms with van der Waals surface area (Å²) < 4.78 is 6.27. The summed E-state index contributed by atoms with van der Waals surface area (Å²) >= 11 is 0. The summed E-state index contributed by atoms with van der Waals surface area (Å²) in [6, 6.07) is 7.76. The van der Waals surface area contributed by atoms with Crippen LogP contribution < -0.4 is 5.73 Å². The average Bonchev–Trinajstić information content (AvgIpc) is 3.39. The van der Waals surface area contributed by atoms with Crippen molar-refractivity contribution in [2.45, 2.75) is 44.6 Å². The van der Waals surface area contributed by atoms with Crippen molar-refractivity contribution < 1.29 is 9.53 Å². The van der Waals surface area contributed by atoms with Gasteiger partial charge in [0, 0.05) is 31.7 Å². The molecule has 0 radical (unpaired) electrons. The molecule has 3 rings (SSSR count). The lowest BCUT2D eigenvalue weighted by Gasteiger charge is -2.49. The first kappa shape index (κ1) is 18.4. The molecule has 1 aromatic rings. The molecule has 1 aromatic carbocycles. The number of benzene rings is 1. The van der Waals surface area contributed by atoms with E-state index in [1.807, 2.05) is 31.4 Å². The van der Waals surface area contributed by atoms with E-state index in [9.17, 15) is 4.79 Å². The van der Waals surface area contributed by atoms with Crippen LogP contribution in [-0.2, 0) is 10.3 Å². The van der Waals surface area contributed by atoms with Crippen LogP contribution in [-0.4, -0.2) is 38.1 Å². The minimum Gasteiger partial charge on any atom is -0.373 e. The van der Waals surface area contributed by atoms with Crippen LogP contribution >= 0.6 is 0 Å². The Morgan fingerprint density at radius 3 is 2.44 bits per heavy atom. The number of hydrogen-bond donors (Lipinski definition) is 1. The van der Waals surface area contributed by atoms with Gasteiger partial charge in [-0.1, -0.05) is 25.5 Å². The number of primary amides is 1. The molecule has 0 aliphatic heterocycles. The number of carbonyl (C=O) groups excluding carboxylic acids is 1. The zero-order valence-corrected chi connectivity index (χ0v) is 15.8. The molecule has 2 saturated carbocycles. The first-order chi connectivity index (χ1) is 12.0. The third kappa shape index (κ3) is 3.75. The molecule has 0 saturated heterocycles. The number of nitrogens with zero attached hydrogens (tertiary/aromatic N) is 1. The molecule has 1 amide bonds. The Kier molecular flexibility index (Phi) is 5.49. The highest BCUT2D eigenvalue weighted by atomic mass is 16.5. The van der Waals surface area contributed by atoms with Gasteiger partial charge in [-0.3, -0.25) is 4.79 Å². The molecular formula is C21H32N2O2. The van der Waals surface area contributed by atoms with E-state index in [0.717, 1.165) is 12.5 Å². The molecule has 4 nitrogen and oxygen atoms in total. The Balaban J connectivity index is 1.87. The highest BCUT2D eigenvalue weighted by Crippen LogP contribution is 2.48. The third-order valence-corrected chi connectivity index (χ3v) is 6.29. The van der Waals surface area contributed by atoms with E-state index in [2.05, 4.69) is 18.9 Å². The molecule has 2 aliphatic rings. The molecule has 0 aromatic heterocycles. The van der Waals surface area contributed by atoms with Crippen molar-refractivity contribution in [1.29, 1.82) is 0 Å². The van der Waals surface area contributed by atoms with Crippen LogP contribution in [0.4, 0.5) is 0 Å². The Bertz CT molecular complexity index is 596. The van der Waals surface area contributed by atoms with Crippen LogP contribution in [0, 0.1) is 17.8 Å². The van der Waals surface area contributed by atoms with Crippen LogP contribution in [0.2, 0.25) is 0 Å². The summed E-state index contributed by atoms with van der Waals surface area (Å²) in [7, 11) is 4.09. The van der Waals surface area contributed by atoms with Gasteiger partial charge in [0.2, 0.25) is 5.91 Å². The van der Waals surface area contributed by atoms with Crippen molar-refractivity contribution in [2.75, 3.05) is 27.2 Å². The minimum atomic E-state index is -0.379. The first-order valence-electron chi connectivity index (χ1n) is 9.61. The van der Waals surface area contributed by atoms with Gasteiger partial charge in [0.1, 0.15) is 0 Å². The number of methoxy groups -OCH3 is 1. The van der Waals surface area contributed by atoms with Gasteiger partial charge < -0.3 is 15.4 Å². The molecule has 0 heterocycles. The molecule has 3 unspecified atom stereocenters. The van der Waals surface area contributed by atoms with Gasteiger partial charge in [-0.15, -0.1) is 0 Å². The largest absolute Gasteiger partial charge is 0.373 e. The van der Waals surface area contributed by atoms with Crippen LogP contribution in [0.3, 0.4) is 0 Å². The highest BCUT2D eigenvalue weighted by molar-refractivity contribution is 5.92. The predicted octanol–water partition coefficient (Wildman–Crippen LogP) is 3.41. The van der Waals surface area contributed by atoms with E-state index in [1.54, 1.807) is 0 Å².